The first kappa shape index (κ1) is 24.6. The second-order valence-corrected chi connectivity index (χ2v) is 7.75. The first-order valence-corrected chi connectivity index (χ1v) is 10.6. The fraction of sp³-hybridized carbons (Fsp3) is 0.478. The van der Waals surface area contributed by atoms with Gasteiger partial charge in [-0.3, -0.25) is 0 Å². The highest BCUT2D eigenvalue weighted by molar-refractivity contribution is 5.66. The molecule has 33 heavy (non-hydrogen) atoms. The number of methoxy groups -OCH3 is 3. The van der Waals surface area contributed by atoms with Gasteiger partial charge >= 0.3 is 0 Å². The van der Waals surface area contributed by atoms with Crippen LogP contribution in [0.15, 0.2) is 39.5 Å². The summed E-state index contributed by atoms with van der Waals surface area (Å²) >= 11 is 0. The van der Waals surface area contributed by atoms with Crippen LogP contribution in [0.25, 0.3) is 11.4 Å². The molecule has 2 aromatic heterocycles. The second-order valence-electron chi connectivity index (χ2n) is 7.75. The lowest BCUT2D eigenvalue weighted by Gasteiger charge is -2.20. The van der Waals surface area contributed by atoms with E-state index in [0.29, 0.717) is 53.4 Å². The van der Waals surface area contributed by atoms with Crippen LogP contribution in [0, 0.1) is 5.92 Å². The van der Waals surface area contributed by atoms with E-state index in [-0.39, 0.29) is 18.6 Å². The van der Waals surface area contributed by atoms with Crippen LogP contribution in [0.3, 0.4) is 0 Å². The predicted molar refractivity (Wildman–Crippen MR) is 119 cm³/mol. The van der Waals surface area contributed by atoms with E-state index in [9.17, 15) is 5.11 Å². The molecule has 0 aliphatic heterocycles. The molecule has 0 radical (unpaired) electrons. The monoisotopic (exact) mass is 461 g/mol. The fourth-order valence-electron chi connectivity index (χ4n) is 3.31. The molecule has 3 rings (SSSR count). The number of aromatic nitrogens is 2. The van der Waals surface area contributed by atoms with E-state index in [0.717, 1.165) is 0 Å². The molecule has 2 atom stereocenters. The van der Waals surface area contributed by atoms with Gasteiger partial charge in [0.2, 0.25) is 17.5 Å². The third-order valence-corrected chi connectivity index (χ3v) is 5.01. The van der Waals surface area contributed by atoms with E-state index in [4.69, 9.17) is 27.9 Å². The Labute approximate surface area is 192 Å². The number of nitrogens with zero attached hydrogens (tertiary/aromatic N) is 2. The average molecular weight is 462 g/mol. The Morgan fingerprint density at radius 2 is 1.82 bits per heavy atom. The van der Waals surface area contributed by atoms with Crippen molar-refractivity contribution in [2.45, 2.75) is 32.6 Å². The number of benzene rings is 1. The van der Waals surface area contributed by atoms with Gasteiger partial charge in [-0.2, -0.15) is 4.98 Å². The first-order chi connectivity index (χ1) is 16.0. The average Bonchev–Trinajstić information content (AvgIpc) is 3.50. The highest BCUT2D eigenvalue weighted by Crippen LogP contribution is 2.40. The number of nitrogens with one attached hydrogen (secondary N) is 1. The first-order valence-electron chi connectivity index (χ1n) is 10.6. The summed E-state index contributed by atoms with van der Waals surface area (Å²) in [6, 6.07) is 6.87. The summed E-state index contributed by atoms with van der Waals surface area (Å²) in [5, 5.41) is 17.7. The lowest BCUT2D eigenvalue weighted by molar-refractivity contribution is 0.0202. The minimum Gasteiger partial charge on any atom is -0.493 e. The summed E-state index contributed by atoms with van der Waals surface area (Å²) in [6.07, 6.45) is 0.874. The van der Waals surface area contributed by atoms with Gasteiger partial charge < -0.3 is 38.3 Å². The molecular weight excluding hydrogens is 430 g/mol. The Morgan fingerprint density at radius 3 is 2.39 bits per heavy atom. The molecule has 0 fully saturated rings. The standard InChI is InChI=1S/C23H31N3O7/c1-14(2)20(24-11-16(27)12-31-13-17-7-6-8-32-17)23-25-22(26-33-23)15-9-18(28-3)21(30-5)19(10-15)29-4/h6-10,14,16,20,24,27H,11-13H2,1-5H3/t16-,20-/m1/s1. The van der Waals surface area contributed by atoms with E-state index < -0.39 is 6.10 Å². The van der Waals surface area contributed by atoms with Crippen LogP contribution in [0.2, 0.25) is 0 Å². The van der Waals surface area contributed by atoms with Crippen LogP contribution in [0.1, 0.15) is 31.5 Å². The smallest absolute Gasteiger partial charge is 0.244 e. The minimum atomic E-state index is -0.710. The Hall–Kier alpha value is -3.08. The van der Waals surface area contributed by atoms with E-state index >= 15 is 0 Å². The fourth-order valence-corrected chi connectivity index (χ4v) is 3.31. The molecule has 3 aromatic rings. The van der Waals surface area contributed by atoms with E-state index in [1.54, 1.807) is 45.8 Å². The van der Waals surface area contributed by atoms with Crippen molar-refractivity contribution in [3.05, 3.63) is 42.2 Å². The summed E-state index contributed by atoms with van der Waals surface area (Å²) in [6.45, 7) is 4.82. The molecule has 0 saturated heterocycles. The highest BCUT2D eigenvalue weighted by atomic mass is 16.5. The molecule has 0 spiro atoms. The Bertz CT molecular complexity index is 963. The van der Waals surface area contributed by atoms with Crippen LogP contribution in [0.4, 0.5) is 0 Å². The highest BCUT2D eigenvalue weighted by Gasteiger charge is 2.24. The summed E-state index contributed by atoms with van der Waals surface area (Å²) < 4.78 is 32.4. The molecule has 0 aliphatic rings. The summed E-state index contributed by atoms with van der Waals surface area (Å²) in [5.41, 5.74) is 0.661. The molecule has 0 saturated carbocycles. The molecule has 10 nitrogen and oxygen atoms in total. The van der Waals surface area contributed by atoms with Crippen molar-refractivity contribution in [3.63, 3.8) is 0 Å². The largest absolute Gasteiger partial charge is 0.493 e. The summed E-state index contributed by atoms with van der Waals surface area (Å²) in [7, 11) is 4.64. The van der Waals surface area contributed by atoms with E-state index in [1.165, 1.54) is 0 Å². The van der Waals surface area contributed by atoms with Crippen LogP contribution < -0.4 is 19.5 Å². The molecular formula is C23H31N3O7. The number of hydrogen-bond acceptors (Lipinski definition) is 10. The topological polar surface area (TPSA) is 121 Å². The maximum Gasteiger partial charge on any atom is 0.244 e. The molecule has 0 bridgehead atoms. The van der Waals surface area contributed by atoms with Gasteiger partial charge in [-0.05, 0) is 30.2 Å². The van der Waals surface area contributed by atoms with Crippen LogP contribution in [-0.2, 0) is 11.3 Å². The lowest BCUT2D eigenvalue weighted by Crippen LogP contribution is -2.35. The molecule has 0 amide bonds. The number of aliphatic hydroxyl groups is 1. The van der Waals surface area contributed by atoms with Crippen LogP contribution in [-0.4, -0.2) is 55.8 Å². The minimum absolute atomic E-state index is 0.134. The second kappa shape index (κ2) is 11.7. The lowest BCUT2D eigenvalue weighted by atomic mass is 10.0. The zero-order chi connectivity index (χ0) is 23.8. The third kappa shape index (κ3) is 6.25. The van der Waals surface area contributed by atoms with Gasteiger partial charge in [0.1, 0.15) is 12.4 Å². The molecule has 0 unspecified atom stereocenters. The van der Waals surface area contributed by atoms with Crippen molar-refractivity contribution in [2.24, 2.45) is 5.92 Å². The van der Waals surface area contributed by atoms with Gasteiger partial charge in [-0.1, -0.05) is 19.0 Å². The number of aliphatic hydroxyl groups excluding tert-OH is 1. The number of rotatable bonds is 13. The number of ether oxygens (including phenoxy) is 4. The third-order valence-electron chi connectivity index (χ3n) is 5.01. The maximum atomic E-state index is 10.3. The van der Waals surface area contributed by atoms with E-state index in [2.05, 4.69) is 15.5 Å². The zero-order valence-corrected chi connectivity index (χ0v) is 19.5. The van der Waals surface area contributed by atoms with Gasteiger partial charge in [0.25, 0.3) is 0 Å². The van der Waals surface area contributed by atoms with Crippen LogP contribution >= 0.6 is 0 Å². The van der Waals surface area contributed by atoms with Gasteiger partial charge in [0.05, 0.1) is 46.3 Å². The van der Waals surface area contributed by atoms with Gasteiger partial charge in [-0.15, -0.1) is 0 Å². The molecule has 10 heteroatoms. The van der Waals surface area contributed by atoms with Crippen molar-refractivity contribution in [3.8, 4) is 28.6 Å². The molecule has 2 N–H and O–H groups in total. The van der Waals surface area contributed by atoms with E-state index in [1.807, 2.05) is 19.9 Å². The molecule has 1 aromatic carbocycles. The van der Waals surface area contributed by atoms with Crippen molar-refractivity contribution in [1.29, 1.82) is 0 Å². The quantitative estimate of drug-likeness (QED) is 0.392. The SMILES string of the molecule is COc1cc(-c2noc([C@H](NC[C@@H](O)COCc3ccco3)C(C)C)n2)cc(OC)c1OC. The molecule has 0 aliphatic carbocycles. The number of hydrogen-bond donors (Lipinski definition) is 2. The number of furan rings is 1. The molecule has 180 valence electrons. The van der Waals surface area contributed by atoms with Gasteiger partial charge in [0.15, 0.2) is 11.5 Å². The van der Waals surface area contributed by atoms with Crippen molar-refractivity contribution in [1.82, 2.24) is 15.5 Å². The summed E-state index contributed by atoms with van der Waals surface area (Å²) in [4.78, 5) is 4.56. The van der Waals surface area contributed by atoms with Crippen molar-refractivity contribution in [2.75, 3.05) is 34.5 Å². The Balaban J connectivity index is 1.66. The zero-order valence-electron chi connectivity index (χ0n) is 19.5. The Kier molecular flexibility index (Phi) is 8.70. The predicted octanol–water partition coefficient (Wildman–Crippen LogP) is 3.22. The van der Waals surface area contributed by atoms with Gasteiger partial charge in [0, 0.05) is 12.1 Å². The van der Waals surface area contributed by atoms with Crippen molar-refractivity contribution < 1.29 is 33.0 Å². The van der Waals surface area contributed by atoms with Crippen molar-refractivity contribution >= 4 is 0 Å². The molecule has 2 heterocycles. The van der Waals surface area contributed by atoms with Crippen LogP contribution in [0.5, 0.6) is 17.2 Å². The maximum absolute atomic E-state index is 10.3. The Morgan fingerprint density at radius 1 is 1.09 bits per heavy atom. The summed E-state index contributed by atoms with van der Waals surface area (Å²) in [5.74, 6) is 3.12. The van der Waals surface area contributed by atoms with Gasteiger partial charge in [-0.25, -0.2) is 0 Å². The normalized spacial score (nSPS) is 13.2.